The number of para-hydroxylation sites is 1. The Balaban J connectivity index is 1.79. The largest absolute Gasteiger partial charge is 0.494 e. The first-order chi connectivity index (χ1) is 13.7. The summed E-state index contributed by atoms with van der Waals surface area (Å²) in [4.78, 5) is 20.5. The average Bonchev–Trinajstić information content (AvgIpc) is 2.71. The van der Waals surface area contributed by atoms with Gasteiger partial charge in [0.05, 0.1) is 6.61 Å². The molecule has 144 valence electrons. The molecule has 3 N–H and O–H groups in total. The Bertz CT molecular complexity index is 915. The van der Waals surface area contributed by atoms with Crippen molar-refractivity contribution in [3.63, 3.8) is 0 Å². The van der Waals surface area contributed by atoms with Crippen LogP contribution in [0.5, 0.6) is 5.75 Å². The Hall–Kier alpha value is -3.25. The van der Waals surface area contributed by atoms with Crippen LogP contribution in [0.1, 0.15) is 35.2 Å². The van der Waals surface area contributed by atoms with Crippen LogP contribution in [0.4, 0.5) is 0 Å². The van der Waals surface area contributed by atoms with Gasteiger partial charge in [0.15, 0.2) is 0 Å². The van der Waals surface area contributed by atoms with Crippen molar-refractivity contribution in [1.29, 1.82) is 0 Å². The van der Waals surface area contributed by atoms with Crippen molar-refractivity contribution >= 4 is 5.91 Å². The van der Waals surface area contributed by atoms with Gasteiger partial charge in [0.25, 0.3) is 0 Å². The van der Waals surface area contributed by atoms with Gasteiger partial charge < -0.3 is 10.5 Å². The van der Waals surface area contributed by atoms with E-state index in [0.29, 0.717) is 18.9 Å². The van der Waals surface area contributed by atoms with Crippen LogP contribution in [-0.4, -0.2) is 22.5 Å². The van der Waals surface area contributed by atoms with Crippen molar-refractivity contribution in [2.24, 2.45) is 5.73 Å². The molecule has 1 aromatic carbocycles. The maximum Gasteiger partial charge on any atom is 0.239 e. The lowest BCUT2D eigenvalue weighted by molar-refractivity contribution is -0.120. The van der Waals surface area contributed by atoms with E-state index < -0.39 is 11.9 Å². The minimum absolute atomic E-state index is 0.449. The Morgan fingerprint density at radius 1 is 1.07 bits per heavy atom. The summed E-state index contributed by atoms with van der Waals surface area (Å²) in [5.74, 6) is 0.210. The summed E-state index contributed by atoms with van der Waals surface area (Å²) in [5.41, 5.74) is 9.65. The second-order valence-electron chi connectivity index (χ2n) is 6.37. The van der Waals surface area contributed by atoms with Crippen molar-refractivity contribution in [2.45, 2.75) is 25.9 Å². The fourth-order valence-corrected chi connectivity index (χ4v) is 3.09. The quantitative estimate of drug-likeness (QED) is 0.599. The molecule has 0 aliphatic rings. The van der Waals surface area contributed by atoms with E-state index in [-0.39, 0.29) is 0 Å². The van der Waals surface area contributed by atoms with Crippen LogP contribution >= 0.6 is 0 Å². The fourth-order valence-electron chi connectivity index (χ4n) is 3.09. The highest BCUT2D eigenvalue weighted by Crippen LogP contribution is 2.25. The van der Waals surface area contributed by atoms with Crippen molar-refractivity contribution in [2.75, 3.05) is 6.61 Å². The van der Waals surface area contributed by atoms with E-state index in [0.717, 1.165) is 28.7 Å². The SMILES string of the molecule is CCOc1ccccc1C(NCc1ccncc1Cc1cccnc1)C(N)=O. The normalized spacial score (nSPS) is 11.8. The first-order valence-electron chi connectivity index (χ1n) is 9.24. The zero-order valence-electron chi connectivity index (χ0n) is 15.8. The van der Waals surface area contributed by atoms with Gasteiger partial charge in [0, 0.05) is 43.3 Å². The number of nitrogens with two attached hydrogens (primary N) is 1. The molecule has 3 rings (SSSR count). The number of primary amides is 1. The molecular weight excluding hydrogens is 352 g/mol. The molecule has 0 bridgehead atoms. The summed E-state index contributed by atoms with van der Waals surface area (Å²) < 4.78 is 5.66. The number of hydrogen-bond acceptors (Lipinski definition) is 5. The molecule has 1 unspecified atom stereocenters. The number of nitrogens with one attached hydrogen (secondary N) is 1. The highest BCUT2D eigenvalue weighted by atomic mass is 16.5. The standard InChI is InChI=1S/C22H24N4O2/c1-2-28-20-8-4-3-7-19(20)21(22(23)27)26-15-17-9-11-25-14-18(17)12-16-6-5-10-24-13-16/h3-11,13-14,21,26H,2,12,15H2,1H3,(H2,23,27). The fraction of sp³-hybridized carbons (Fsp3) is 0.227. The highest BCUT2D eigenvalue weighted by molar-refractivity contribution is 5.82. The van der Waals surface area contributed by atoms with Crippen molar-refractivity contribution < 1.29 is 9.53 Å². The van der Waals surface area contributed by atoms with Crippen LogP contribution in [0.25, 0.3) is 0 Å². The molecule has 0 radical (unpaired) electrons. The van der Waals surface area contributed by atoms with E-state index in [1.807, 2.05) is 61.8 Å². The summed E-state index contributed by atoms with van der Waals surface area (Å²) in [6.45, 7) is 2.90. The van der Waals surface area contributed by atoms with Crippen molar-refractivity contribution in [3.8, 4) is 5.75 Å². The summed E-state index contributed by atoms with van der Waals surface area (Å²) in [6.07, 6.45) is 7.90. The van der Waals surface area contributed by atoms with Gasteiger partial charge in [0.1, 0.15) is 11.8 Å². The summed E-state index contributed by atoms with van der Waals surface area (Å²) in [5, 5.41) is 3.28. The third kappa shape index (κ3) is 4.92. The number of amides is 1. The number of hydrogen-bond donors (Lipinski definition) is 2. The first kappa shape index (κ1) is 19.5. The Morgan fingerprint density at radius 2 is 1.89 bits per heavy atom. The van der Waals surface area contributed by atoms with Gasteiger partial charge in [-0.1, -0.05) is 24.3 Å². The molecule has 0 aliphatic heterocycles. The Morgan fingerprint density at radius 3 is 2.64 bits per heavy atom. The number of pyridine rings is 2. The van der Waals surface area contributed by atoms with E-state index >= 15 is 0 Å². The molecule has 3 aromatic rings. The van der Waals surface area contributed by atoms with Gasteiger partial charge in [-0.15, -0.1) is 0 Å². The van der Waals surface area contributed by atoms with E-state index in [2.05, 4.69) is 15.3 Å². The lowest BCUT2D eigenvalue weighted by Gasteiger charge is -2.20. The summed E-state index contributed by atoms with van der Waals surface area (Å²) in [6, 6.07) is 12.7. The predicted octanol–water partition coefficient (Wildman–Crippen LogP) is 2.78. The third-order valence-electron chi connectivity index (χ3n) is 4.43. The molecular formula is C22H24N4O2. The van der Waals surface area contributed by atoms with Gasteiger partial charge in [-0.25, -0.2) is 0 Å². The van der Waals surface area contributed by atoms with Crippen LogP contribution < -0.4 is 15.8 Å². The van der Waals surface area contributed by atoms with E-state index in [1.54, 1.807) is 12.4 Å². The minimum atomic E-state index is -0.651. The number of benzene rings is 1. The van der Waals surface area contributed by atoms with Gasteiger partial charge in [-0.05, 0) is 41.8 Å². The molecule has 6 nitrogen and oxygen atoms in total. The molecule has 6 heteroatoms. The molecule has 0 saturated heterocycles. The van der Waals surface area contributed by atoms with E-state index in [1.165, 1.54) is 0 Å². The number of nitrogens with zero attached hydrogens (tertiary/aromatic N) is 2. The second kappa shape index (κ2) is 9.62. The Labute approximate surface area is 164 Å². The zero-order valence-corrected chi connectivity index (χ0v) is 15.8. The highest BCUT2D eigenvalue weighted by Gasteiger charge is 2.21. The Kier molecular flexibility index (Phi) is 6.70. The molecule has 0 fully saturated rings. The molecule has 28 heavy (non-hydrogen) atoms. The van der Waals surface area contributed by atoms with Crippen molar-refractivity contribution in [3.05, 3.63) is 89.5 Å². The number of carbonyl (C=O) groups excluding carboxylic acids is 1. The van der Waals surface area contributed by atoms with Crippen LogP contribution in [-0.2, 0) is 17.8 Å². The smallest absolute Gasteiger partial charge is 0.239 e. The average molecular weight is 376 g/mol. The lowest BCUT2D eigenvalue weighted by Crippen LogP contribution is -2.33. The lowest BCUT2D eigenvalue weighted by atomic mass is 10.0. The van der Waals surface area contributed by atoms with Gasteiger partial charge >= 0.3 is 0 Å². The summed E-state index contributed by atoms with van der Waals surface area (Å²) in [7, 11) is 0. The topological polar surface area (TPSA) is 90.1 Å². The van der Waals surface area contributed by atoms with E-state index in [4.69, 9.17) is 10.5 Å². The number of ether oxygens (including phenoxy) is 1. The number of rotatable bonds is 9. The second-order valence-corrected chi connectivity index (χ2v) is 6.37. The zero-order chi connectivity index (χ0) is 19.8. The number of carbonyl (C=O) groups is 1. The predicted molar refractivity (Wildman–Crippen MR) is 108 cm³/mol. The molecule has 0 aliphatic carbocycles. The molecule has 1 amide bonds. The van der Waals surface area contributed by atoms with Gasteiger partial charge in [-0.2, -0.15) is 0 Å². The molecule has 2 heterocycles. The van der Waals surface area contributed by atoms with Gasteiger partial charge in [0.2, 0.25) is 5.91 Å². The number of aromatic nitrogens is 2. The monoisotopic (exact) mass is 376 g/mol. The first-order valence-corrected chi connectivity index (χ1v) is 9.24. The van der Waals surface area contributed by atoms with Gasteiger partial charge in [-0.3, -0.25) is 20.1 Å². The van der Waals surface area contributed by atoms with E-state index in [9.17, 15) is 4.79 Å². The van der Waals surface area contributed by atoms with Crippen LogP contribution in [0, 0.1) is 0 Å². The van der Waals surface area contributed by atoms with Crippen LogP contribution in [0.2, 0.25) is 0 Å². The summed E-state index contributed by atoms with van der Waals surface area (Å²) >= 11 is 0. The molecule has 0 spiro atoms. The van der Waals surface area contributed by atoms with Crippen LogP contribution in [0.15, 0.2) is 67.3 Å². The minimum Gasteiger partial charge on any atom is -0.494 e. The van der Waals surface area contributed by atoms with Crippen molar-refractivity contribution in [1.82, 2.24) is 15.3 Å². The third-order valence-corrected chi connectivity index (χ3v) is 4.43. The maximum atomic E-state index is 12.1. The van der Waals surface area contributed by atoms with Crippen LogP contribution in [0.3, 0.4) is 0 Å². The molecule has 1 atom stereocenters. The molecule has 2 aromatic heterocycles. The molecule has 0 saturated carbocycles. The maximum absolute atomic E-state index is 12.1.